The zero-order valence-corrected chi connectivity index (χ0v) is 16.3. The lowest BCUT2D eigenvalue weighted by atomic mass is 10.1. The number of rotatable bonds is 10. The second-order valence-electron chi connectivity index (χ2n) is 6.81. The molecule has 1 saturated carbocycles. The number of hydrogen-bond donors (Lipinski definition) is 0. The van der Waals surface area contributed by atoms with Crippen LogP contribution in [0.3, 0.4) is 0 Å². The van der Waals surface area contributed by atoms with E-state index in [9.17, 15) is 9.18 Å². The predicted molar refractivity (Wildman–Crippen MR) is 104 cm³/mol. The number of amides is 1. The molecule has 0 unspecified atom stereocenters. The highest BCUT2D eigenvalue weighted by atomic mass is 19.1. The molecule has 0 aliphatic heterocycles. The summed E-state index contributed by atoms with van der Waals surface area (Å²) in [6.45, 7) is 0.783. The predicted octanol–water partition coefficient (Wildman–Crippen LogP) is 4.19. The van der Waals surface area contributed by atoms with Crippen molar-refractivity contribution >= 4 is 5.91 Å². The van der Waals surface area contributed by atoms with Gasteiger partial charge in [-0.15, -0.1) is 0 Å². The van der Waals surface area contributed by atoms with Gasteiger partial charge in [-0.1, -0.05) is 12.1 Å². The molecule has 1 aliphatic rings. The molecule has 0 radical (unpaired) electrons. The number of halogens is 1. The van der Waals surface area contributed by atoms with Gasteiger partial charge in [0.2, 0.25) is 5.91 Å². The van der Waals surface area contributed by atoms with Gasteiger partial charge >= 0.3 is 0 Å². The van der Waals surface area contributed by atoms with Gasteiger partial charge in [0, 0.05) is 24.6 Å². The Bertz CT molecular complexity index is 807. The molecule has 0 saturated heterocycles. The van der Waals surface area contributed by atoms with E-state index in [0.29, 0.717) is 26.0 Å². The van der Waals surface area contributed by atoms with Crippen LogP contribution in [0.1, 0.15) is 31.2 Å². The summed E-state index contributed by atoms with van der Waals surface area (Å²) in [5.74, 6) is 1.37. The molecule has 3 rings (SSSR count). The second-order valence-corrected chi connectivity index (χ2v) is 6.81. The summed E-state index contributed by atoms with van der Waals surface area (Å²) >= 11 is 0. The Kier molecular flexibility index (Phi) is 6.74. The lowest BCUT2D eigenvalue weighted by Crippen LogP contribution is -2.32. The first-order valence-electron chi connectivity index (χ1n) is 9.50. The Labute approximate surface area is 165 Å². The first-order chi connectivity index (χ1) is 13.6. The number of methoxy groups -OCH3 is 2. The summed E-state index contributed by atoms with van der Waals surface area (Å²) in [5, 5.41) is 0. The van der Waals surface area contributed by atoms with Gasteiger partial charge in [-0.2, -0.15) is 0 Å². The Hall–Kier alpha value is -2.76. The van der Waals surface area contributed by atoms with Crippen molar-refractivity contribution in [1.82, 2.24) is 4.90 Å². The van der Waals surface area contributed by atoms with Crippen molar-refractivity contribution < 1.29 is 23.4 Å². The van der Waals surface area contributed by atoms with E-state index in [1.807, 2.05) is 23.1 Å². The smallest absolute Gasteiger partial charge is 0.223 e. The zero-order chi connectivity index (χ0) is 19.9. The van der Waals surface area contributed by atoms with Crippen LogP contribution in [0, 0.1) is 5.82 Å². The maximum absolute atomic E-state index is 13.6. The molecule has 5 nitrogen and oxygen atoms in total. The number of para-hydroxylation sites is 1. The van der Waals surface area contributed by atoms with Crippen LogP contribution in [0.4, 0.5) is 4.39 Å². The quantitative estimate of drug-likeness (QED) is 0.574. The van der Waals surface area contributed by atoms with E-state index >= 15 is 0 Å². The number of carbonyl (C=O) groups excluding carboxylic acids is 1. The third-order valence-electron chi connectivity index (χ3n) is 4.77. The van der Waals surface area contributed by atoms with Crippen LogP contribution in [0.2, 0.25) is 0 Å². The van der Waals surface area contributed by atoms with Crippen molar-refractivity contribution in [2.75, 3.05) is 20.8 Å². The minimum Gasteiger partial charge on any atom is -0.497 e. The topological polar surface area (TPSA) is 48.0 Å². The SMILES string of the molecule is COc1ccc(OC)c(CN(C(=O)CCCOc2ccccc2F)C2CC2)c1. The zero-order valence-electron chi connectivity index (χ0n) is 16.3. The molecule has 1 fully saturated rings. The van der Waals surface area contributed by atoms with Crippen LogP contribution in [0.25, 0.3) is 0 Å². The molecule has 1 aliphatic carbocycles. The van der Waals surface area contributed by atoms with Crippen LogP contribution in [-0.4, -0.2) is 37.7 Å². The third-order valence-corrected chi connectivity index (χ3v) is 4.77. The number of hydrogen-bond acceptors (Lipinski definition) is 4. The van der Waals surface area contributed by atoms with E-state index in [-0.39, 0.29) is 17.7 Å². The van der Waals surface area contributed by atoms with Crippen molar-refractivity contribution in [3.8, 4) is 17.2 Å². The number of benzene rings is 2. The fourth-order valence-electron chi connectivity index (χ4n) is 3.11. The monoisotopic (exact) mass is 387 g/mol. The highest BCUT2D eigenvalue weighted by Crippen LogP contribution is 2.32. The molecule has 0 bridgehead atoms. The minimum atomic E-state index is -0.390. The lowest BCUT2D eigenvalue weighted by Gasteiger charge is -2.24. The van der Waals surface area contributed by atoms with Crippen molar-refractivity contribution in [2.24, 2.45) is 0 Å². The molecule has 150 valence electrons. The van der Waals surface area contributed by atoms with Crippen LogP contribution in [-0.2, 0) is 11.3 Å². The molecule has 2 aromatic carbocycles. The molecule has 28 heavy (non-hydrogen) atoms. The van der Waals surface area contributed by atoms with Crippen molar-refractivity contribution in [2.45, 2.75) is 38.3 Å². The van der Waals surface area contributed by atoms with E-state index in [4.69, 9.17) is 14.2 Å². The molecule has 0 N–H and O–H groups in total. The third kappa shape index (κ3) is 5.15. The van der Waals surface area contributed by atoms with Gasteiger partial charge in [0.05, 0.1) is 20.8 Å². The second kappa shape index (κ2) is 9.44. The van der Waals surface area contributed by atoms with Gasteiger partial charge in [0.15, 0.2) is 11.6 Å². The van der Waals surface area contributed by atoms with Crippen molar-refractivity contribution in [3.63, 3.8) is 0 Å². The van der Waals surface area contributed by atoms with Gasteiger partial charge in [-0.3, -0.25) is 4.79 Å². The van der Waals surface area contributed by atoms with E-state index in [1.165, 1.54) is 6.07 Å². The van der Waals surface area contributed by atoms with Crippen LogP contribution in [0.15, 0.2) is 42.5 Å². The molecule has 0 aromatic heterocycles. The molecular formula is C22H26FNO4. The summed E-state index contributed by atoms with van der Waals surface area (Å²) in [5.41, 5.74) is 0.921. The van der Waals surface area contributed by atoms with Gasteiger partial charge in [-0.05, 0) is 49.6 Å². The largest absolute Gasteiger partial charge is 0.497 e. The minimum absolute atomic E-state index is 0.0736. The van der Waals surface area contributed by atoms with Crippen molar-refractivity contribution in [1.29, 1.82) is 0 Å². The standard InChI is InChI=1S/C22H26FNO4/c1-26-18-11-12-20(27-2)16(14-18)15-24(17-9-10-17)22(25)8-5-13-28-21-7-4-3-6-19(21)23/h3-4,6-7,11-12,14,17H,5,8-10,13,15H2,1-2H3. The fourth-order valence-corrected chi connectivity index (χ4v) is 3.11. The van der Waals surface area contributed by atoms with E-state index in [0.717, 1.165) is 29.9 Å². The first-order valence-corrected chi connectivity index (χ1v) is 9.50. The van der Waals surface area contributed by atoms with Gasteiger partial charge in [0.1, 0.15) is 11.5 Å². The normalized spacial score (nSPS) is 13.1. The summed E-state index contributed by atoms with van der Waals surface area (Å²) in [6.07, 6.45) is 2.93. The van der Waals surface area contributed by atoms with E-state index < -0.39 is 5.82 Å². The average molecular weight is 387 g/mol. The summed E-state index contributed by atoms with van der Waals surface area (Å²) in [4.78, 5) is 14.7. The number of nitrogens with zero attached hydrogens (tertiary/aromatic N) is 1. The molecule has 6 heteroatoms. The Morgan fingerprint density at radius 2 is 1.89 bits per heavy atom. The summed E-state index contributed by atoms with van der Waals surface area (Å²) in [7, 11) is 3.24. The van der Waals surface area contributed by atoms with Crippen LogP contribution < -0.4 is 14.2 Å². The fraction of sp³-hybridized carbons (Fsp3) is 0.409. The Morgan fingerprint density at radius 3 is 2.57 bits per heavy atom. The van der Waals surface area contributed by atoms with Gasteiger partial charge < -0.3 is 19.1 Å². The number of ether oxygens (including phenoxy) is 3. The maximum Gasteiger partial charge on any atom is 0.223 e. The molecular weight excluding hydrogens is 361 g/mol. The van der Waals surface area contributed by atoms with Crippen molar-refractivity contribution in [3.05, 3.63) is 53.8 Å². The highest BCUT2D eigenvalue weighted by molar-refractivity contribution is 5.77. The Balaban J connectivity index is 1.57. The first kappa shape index (κ1) is 20.0. The van der Waals surface area contributed by atoms with Gasteiger partial charge in [0.25, 0.3) is 0 Å². The highest BCUT2D eigenvalue weighted by Gasteiger charge is 2.32. The maximum atomic E-state index is 13.6. The average Bonchev–Trinajstić information content (AvgIpc) is 3.55. The van der Waals surface area contributed by atoms with Crippen LogP contribution >= 0.6 is 0 Å². The van der Waals surface area contributed by atoms with Gasteiger partial charge in [-0.25, -0.2) is 4.39 Å². The number of carbonyl (C=O) groups is 1. The Morgan fingerprint density at radius 1 is 1.11 bits per heavy atom. The molecule has 0 atom stereocenters. The molecule has 0 spiro atoms. The summed E-state index contributed by atoms with van der Waals surface area (Å²) < 4.78 is 29.7. The lowest BCUT2D eigenvalue weighted by molar-refractivity contribution is -0.132. The molecule has 2 aromatic rings. The van der Waals surface area contributed by atoms with E-state index in [1.54, 1.807) is 32.4 Å². The van der Waals surface area contributed by atoms with E-state index in [2.05, 4.69) is 0 Å². The molecule has 1 amide bonds. The summed E-state index contributed by atoms with van der Waals surface area (Å²) in [6, 6.07) is 12.2. The van der Waals surface area contributed by atoms with Crippen LogP contribution in [0.5, 0.6) is 17.2 Å². The molecule has 0 heterocycles.